The number of carbonyl (C=O) groups excluding carboxylic acids is 1. The molecule has 1 aromatic rings. The first-order valence-corrected chi connectivity index (χ1v) is 6.09. The van der Waals surface area contributed by atoms with Gasteiger partial charge in [0.2, 0.25) is 5.91 Å². The molecule has 0 aliphatic rings. The molecule has 1 amide bonds. The number of benzene rings is 1. The topological polar surface area (TPSA) is 55.1 Å². The third-order valence-electron chi connectivity index (χ3n) is 2.84. The van der Waals surface area contributed by atoms with Crippen LogP contribution in [0.1, 0.15) is 32.8 Å². The fraction of sp³-hybridized carbons (Fsp3) is 0.500. The van der Waals surface area contributed by atoms with Crippen molar-refractivity contribution in [1.82, 2.24) is 5.32 Å². The van der Waals surface area contributed by atoms with Crippen LogP contribution in [-0.2, 0) is 10.2 Å². The number of amides is 1. The van der Waals surface area contributed by atoms with E-state index in [9.17, 15) is 9.18 Å². The highest BCUT2D eigenvalue weighted by Gasteiger charge is 2.21. The molecule has 0 saturated heterocycles. The van der Waals surface area contributed by atoms with E-state index in [2.05, 4.69) is 5.32 Å². The van der Waals surface area contributed by atoms with Crippen LogP contribution >= 0.6 is 0 Å². The molecule has 1 rings (SSSR count). The van der Waals surface area contributed by atoms with Crippen molar-refractivity contribution in [3.05, 3.63) is 35.6 Å². The Balaban J connectivity index is 2.62. The third kappa shape index (κ3) is 4.45. The molecule has 0 radical (unpaired) electrons. The lowest BCUT2D eigenvalue weighted by Crippen LogP contribution is -2.38. The molecule has 3 N–H and O–H groups in total. The Morgan fingerprint density at radius 2 is 2.17 bits per heavy atom. The molecule has 0 heterocycles. The highest BCUT2D eigenvalue weighted by atomic mass is 19.1. The van der Waals surface area contributed by atoms with Gasteiger partial charge in [0.1, 0.15) is 5.82 Å². The zero-order chi connectivity index (χ0) is 13.8. The van der Waals surface area contributed by atoms with Crippen molar-refractivity contribution in [1.29, 1.82) is 0 Å². The second-order valence-corrected chi connectivity index (χ2v) is 5.35. The number of halogens is 1. The summed E-state index contributed by atoms with van der Waals surface area (Å²) in [5.41, 5.74) is 6.11. The number of nitrogens with one attached hydrogen (secondary N) is 1. The molecule has 0 bridgehead atoms. The first-order valence-electron chi connectivity index (χ1n) is 6.09. The van der Waals surface area contributed by atoms with Gasteiger partial charge in [-0.15, -0.1) is 0 Å². The molecule has 1 unspecified atom stereocenters. The van der Waals surface area contributed by atoms with Gasteiger partial charge >= 0.3 is 0 Å². The van der Waals surface area contributed by atoms with Gasteiger partial charge in [-0.05, 0) is 24.6 Å². The van der Waals surface area contributed by atoms with E-state index < -0.39 is 0 Å². The fourth-order valence-electron chi connectivity index (χ4n) is 1.70. The molecule has 18 heavy (non-hydrogen) atoms. The van der Waals surface area contributed by atoms with Crippen molar-refractivity contribution in [2.75, 3.05) is 6.54 Å². The Hall–Kier alpha value is -1.42. The van der Waals surface area contributed by atoms with Crippen molar-refractivity contribution in [2.45, 2.75) is 38.6 Å². The van der Waals surface area contributed by atoms with Gasteiger partial charge in [-0.1, -0.05) is 26.0 Å². The Bertz CT molecular complexity index is 416. The summed E-state index contributed by atoms with van der Waals surface area (Å²) in [6.07, 6.45) is 0.305. The molecule has 0 spiro atoms. The average Bonchev–Trinajstić information content (AvgIpc) is 2.26. The van der Waals surface area contributed by atoms with Crippen molar-refractivity contribution in [2.24, 2.45) is 5.73 Å². The highest BCUT2D eigenvalue weighted by Crippen LogP contribution is 2.22. The summed E-state index contributed by atoms with van der Waals surface area (Å²) in [6.45, 7) is 6.18. The maximum absolute atomic E-state index is 13.2. The Morgan fingerprint density at radius 1 is 1.50 bits per heavy atom. The maximum Gasteiger partial charge on any atom is 0.221 e. The summed E-state index contributed by atoms with van der Waals surface area (Å²) in [5.74, 6) is -0.336. The monoisotopic (exact) mass is 252 g/mol. The first kappa shape index (κ1) is 14.6. The van der Waals surface area contributed by atoms with Gasteiger partial charge in [-0.25, -0.2) is 4.39 Å². The van der Waals surface area contributed by atoms with Crippen molar-refractivity contribution < 1.29 is 9.18 Å². The number of hydrogen-bond donors (Lipinski definition) is 2. The highest BCUT2D eigenvalue weighted by molar-refractivity contribution is 5.76. The van der Waals surface area contributed by atoms with Crippen molar-refractivity contribution in [3.8, 4) is 0 Å². The van der Waals surface area contributed by atoms with Gasteiger partial charge in [-0.2, -0.15) is 0 Å². The van der Waals surface area contributed by atoms with E-state index in [1.807, 2.05) is 19.9 Å². The van der Waals surface area contributed by atoms with E-state index in [0.29, 0.717) is 13.0 Å². The van der Waals surface area contributed by atoms with Crippen molar-refractivity contribution in [3.63, 3.8) is 0 Å². The quantitative estimate of drug-likeness (QED) is 0.841. The Kier molecular flexibility index (Phi) is 4.84. The summed E-state index contributed by atoms with van der Waals surface area (Å²) >= 11 is 0. The van der Waals surface area contributed by atoms with Gasteiger partial charge in [0.25, 0.3) is 0 Å². The van der Waals surface area contributed by atoms with Gasteiger partial charge in [0, 0.05) is 24.4 Å². The summed E-state index contributed by atoms with van der Waals surface area (Å²) in [6, 6.07) is 6.30. The van der Waals surface area contributed by atoms with Crippen LogP contribution in [0.5, 0.6) is 0 Å². The standard InChI is InChI=1S/C14H21FN2O/c1-10(16)7-13(18)17-9-14(2,3)11-5-4-6-12(15)8-11/h4-6,8,10H,7,9,16H2,1-3H3,(H,17,18). The van der Waals surface area contributed by atoms with Gasteiger partial charge in [0.05, 0.1) is 0 Å². The normalized spacial score (nSPS) is 13.2. The van der Waals surface area contributed by atoms with Crippen LogP contribution in [-0.4, -0.2) is 18.5 Å². The van der Waals surface area contributed by atoms with Gasteiger partial charge in [-0.3, -0.25) is 4.79 Å². The molecule has 3 nitrogen and oxygen atoms in total. The largest absolute Gasteiger partial charge is 0.355 e. The Morgan fingerprint density at radius 3 is 2.72 bits per heavy atom. The number of nitrogens with two attached hydrogens (primary N) is 1. The van der Waals surface area contributed by atoms with Crippen molar-refractivity contribution >= 4 is 5.91 Å². The van der Waals surface area contributed by atoms with E-state index in [4.69, 9.17) is 5.73 Å². The summed E-state index contributed by atoms with van der Waals surface area (Å²) < 4.78 is 13.2. The molecule has 0 aromatic heterocycles. The van der Waals surface area contributed by atoms with Gasteiger partial charge in [0.15, 0.2) is 0 Å². The Labute approximate surface area is 108 Å². The van der Waals surface area contributed by atoms with Crippen LogP contribution in [0.4, 0.5) is 4.39 Å². The molecule has 0 aliphatic carbocycles. The SMILES string of the molecule is CC(N)CC(=O)NCC(C)(C)c1cccc(F)c1. The molecule has 0 aliphatic heterocycles. The lowest BCUT2D eigenvalue weighted by Gasteiger charge is -2.26. The predicted octanol–water partition coefficient (Wildman–Crippen LogP) is 1.96. The summed E-state index contributed by atoms with van der Waals surface area (Å²) in [7, 11) is 0. The number of rotatable bonds is 5. The second kappa shape index (κ2) is 5.96. The van der Waals surface area contributed by atoms with Crippen LogP contribution in [0.2, 0.25) is 0 Å². The van der Waals surface area contributed by atoms with E-state index >= 15 is 0 Å². The minimum absolute atomic E-state index is 0.0746. The average molecular weight is 252 g/mol. The molecular weight excluding hydrogens is 231 g/mol. The molecule has 1 atom stereocenters. The maximum atomic E-state index is 13.2. The molecule has 0 saturated carbocycles. The van der Waals surface area contributed by atoms with Crippen LogP contribution in [0.15, 0.2) is 24.3 Å². The summed E-state index contributed by atoms with van der Waals surface area (Å²) in [5, 5.41) is 2.83. The van der Waals surface area contributed by atoms with Crippen LogP contribution in [0.25, 0.3) is 0 Å². The zero-order valence-corrected chi connectivity index (χ0v) is 11.2. The molecule has 100 valence electrons. The molecular formula is C14H21FN2O. The van der Waals surface area contributed by atoms with Crippen LogP contribution in [0.3, 0.4) is 0 Å². The fourth-order valence-corrected chi connectivity index (χ4v) is 1.70. The van der Waals surface area contributed by atoms with Crippen LogP contribution < -0.4 is 11.1 Å². The molecule has 0 fully saturated rings. The predicted molar refractivity (Wildman–Crippen MR) is 70.7 cm³/mol. The minimum atomic E-state index is -0.310. The summed E-state index contributed by atoms with van der Waals surface area (Å²) in [4.78, 5) is 11.5. The van der Waals surface area contributed by atoms with Gasteiger partial charge < -0.3 is 11.1 Å². The first-order chi connectivity index (χ1) is 8.31. The second-order valence-electron chi connectivity index (χ2n) is 5.35. The lowest BCUT2D eigenvalue weighted by molar-refractivity contribution is -0.121. The van der Waals surface area contributed by atoms with E-state index in [1.54, 1.807) is 13.0 Å². The van der Waals surface area contributed by atoms with E-state index in [0.717, 1.165) is 5.56 Å². The lowest BCUT2D eigenvalue weighted by atomic mass is 9.84. The molecule has 4 heteroatoms. The van der Waals surface area contributed by atoms with Crippen LogP contribution in [0, 0.1) is 5.82 Å². The zero-order valence-electron chi connectivity index (χ0n) is 11.2. The molecule has 1 aromatic carbocycles. The number of hydrogen-bond acceptors (Lipinski definition) is 2. The number of carbonyl (C=O) groups is 1. The van der Waals surface area contributed by atoms with E-state index in [1.165, 1.54) is 12.1 Å². The smallest absolute Gasteiger partial charge is 0.221 e. The van der Waals surface area contributed by atoms with E-state index in [-0.39, 0.29) is 23.2 Å². The minimum Gasteiger partial charge on any atom is -0.355 e. The third-order valence-corrected chi connectivity index (χ3v) is 2.84.